The van der Waals surface area contributed by atoms with Crippen molar-refractivity contribution in [1.82, 2.24) is 0 Å². The van der Waals surface area contributed by atoms with Crippen LogP contribution >= 0.6 is 0 Å². The number of anilines is 1. The highest BCUT2D eigenvalue weighted by atomic mass is 16.5. The Morgan fingerprint density at radius 1 is 0.844 bits per heavy atom. The first-order valence-corrected chi connectivity index (χ1v) is 10.8. The second-order valence-corrected chi connectivity index (χ2v) is 7.46. The lowest BCUT2D eigenvalue weighted by molar-refractivity contribution is 0.0679. The van der Waals surface area contributed by atoms with Crippen molar-refractivity contribution in [3.8, 4) is 17.2 Å². The molecule has 0 aromatic heterocycles. The minimum absolute atomic E-state index is 0.164. The van der Waals surface area contributed by atoms with E-state index in [9.17, 15) is 4.79 Å². The average molecular weight is 434 g/mol. The molecule has 0 spiro atoms. The Balaban J connectivity index is 1.23. The molecule has 0 aliphatic carbocycles. The van der Waals surface area contributed by atoms with E-state index in [4.69, 9.17) is 18.9 Å². The number of ether oxygens (including phenoxy) is 4. The molecule has 3 aromatic carbocycles. The Morgan fingerprint density at radius 2 is 1.56 bits per heavy atom. The molecule has 166 valence electrons. The molecule has 0 saturated carbocycles. The lowest BCUT2D eigenvalue weighted by Crippen LogP contribution is -2.16. The molecule has 1 aliphatic rings. The molecule has 1 fully saturated rings. The number of benzene rings is 3. The van der Waals surface area contributed by atoms with Crippen LogP contribution < -0.4 is 19.5 Å². The Hall–Kier alpha value is -3.51. The van der Waals surface area contributed by atoms with Crippen molar-refractivity contribution < 1.29 is 23.7 Å². The van der Waals surface area contributed by atoms with E-state index in [2.05, 4.69) is 5.32 Å². The Labute approximate surface area is 188 Å². The second kappa shape index (κ2) is 11.2. The first kappa shape index (κ1) is 21.7. The standard InChI is InChI=1S/C26H27NO5/c28-26(20-11-13-23(14-12-20)32-19-25-10-5-15-29-25)27-21-6-4-9-24(18-21)31-17-16-30-22-7-2-1-3-8-22/h1-4,6-9,11-14,18,25H,5,10,15-17,19H2,(H,27,28). The monoisotopic (exact) mass is 433 g/mol. The summed E-state index contributed by atoms with van der Waals surface area (Å²) in [6, 6.07) is 24.0. The minimum atomic E-state index is -0.194. The molecule has 1 aliphatic heterocycles. The number of hydrogen-bond acceptors (Lipinski definition) is 5. The minimum Gasteiger partial charge on any atom is -0.491 e. The van der Waals surface area contributed by atoms with Gasteiger partial charge in [0.25, 0.3) is 5.91 Å². The Kier molecular flexibility index (Phi) is 7.60. The Morgan fingerprint density at radius 3 is 2.31 bits per heavy atom. The summed E-state index contributed by atoms with van der Waals surface area (Å²) in [7, 11) is 0. The SMILES string of the molecule is O=C(Nc1cccc(OCCOc2ccccc2)c1)c1ccc(OCC2CCCO2)cc1. The zero-order chi connectivity index (χ0) is 22.0. The van der Waals surface area contributed by atoms with Gasteiger partial charge in [0.15, 0.2) is 0 Å². The van der Waals surface area contributed by atoms with Crippen molar-refractivity contribution in [1.29, 1.82) is 0 Å². The fourth-order valence-electron chi connectivity index (χ4n) is 3.37. The number of rotatable bonds is 10. The predicted molar refractivity (Wildman–Crippen MR) is 123 cm³/mol. The van der Waals surface area contributed by atoms with Crippen LogP contribution in [0.15, 0.2) is 78.9 Å². The molecule has 1 amide bonds. The highest BCUT2D eigenvalue weighted by Crippen LogP contribution is 2.20. The Bertz CT molecular complexity index is 985. The molecule has 1 unspecified atom stereocenters. The summed E-state index contributed by atoms with van der Waals surface area (Å²) in [6.45, 7) is 2.18. The van der Waals surface area contributed by atoms with E-state index in [1.807, 2.05) is 48.5 Å². The molecule has 1 saturated heterocycles. The maximum atomic E-state index is 12.6. The van der Waals surface area contributed by atoms with Crippen molar-refractivity contribution in [2.75, 3.05) is 31.7 Å². The van der Waals surface area contributed by atoms with Crippen molar-refractivity contribution in [3.63, 3.8) is 0 Å². The van der Waals surface area contributed by atoms with Gasteiger partial charge in [-0.3, -0.25) is 4.79 Å². The number of carbonyl (C=O) groups excluding carboxylic acids is 1. The molecule has 32 heavy (non-hydrogen) atoms. The smallest absolute Gasteiger partial charge is 0.255 e. The topological polar surface area (TPSA) is 66.0 Å². The summed E-state index contributed by atoms with van der Waals surface area (Å²) >= 11 is 0. The molecule has 0 bridgehead atoms. The van der Waals surface area contributed by atoms with Crippen molar-refractivity contribution in [3.05, 3.63) is 84.4 Å². The van der Waals surface area contributed by atoms with Gasteiger partial charge in [-0.2, -0.15) is 0 Å². The average Bonchev–Trinajstić information content (AvgIpc) is 3.36. The first-order valence-electron chi connectivity index (χ1n) is 10.8. The van der Waals surface area contributed by atoms with Gasteiger partial charge in [0, 0.05) is 23.9 Å². The van der Waals surface area contributed by atoms with Crippen LogP contribution in [-0.2, 0) is 4.74 Å². The molecule has 0 radical (unpaired) electrons. The van der Waals surface area contributed by atoms with Crippen LogP contribution in [0.2, 0.25) is 0 Å². The van der Waals surface area contributed by atoms with E-state index >= 15 is 0 Å². The first-order chi connectivity index (χ1) is 15.8. The van der Waals surface area contributed by atoms with E-state index in [-0.39, 0.29) is 12.0 Å². The largest absolute Gasteiger partial charge is 0.491 e. The lowest BCUT2D eigenvalue weighted by Gasteiger charge is -2.12. The zero-order valence-corrected chi connectivity index (χ0v) is 17.9. The van der Waals surface area contributed by atoms with Gasteiger partial charge in [-0.1, -0.05) is 24.3 Å². The van der Waals surface area contributed by atoms with Crippen LogP contribution in [0.1, 0.15) is 23.2 Å². The van der Waals surface area contributed by atoms with Gasteiger partial charge in [0.2, 0.25) is 0 Å². The fourth-order valence-corrected chi connectivity index (χ4v) is 3.37. The third kappa shape index (κ3) is 6.49. The molecule has 6 nitrogen and oxygen atoms in total. The van der Waals surface area contributed by atoms with Crippen molar-refractivity contribution in [2.45, 2.75) is 18.9 Å². The van der Waals surface area contributed by atoms with Crippen LogP contribution in [0, 0.1) is 0 Å². The van der Waals surface area contributed by atoms with Crippen LogP contribution in [-0.4, -0.2) is 38.4 Å². The highest BCUT2D eigenvalue weighted by molar-refractivity contribution is 6.04. The van der Waals surface area contributed by atoms with Gasteiger partial charge in [-0.15, -0.1) is 0 Å². The summed E-state index contributed by atoms with van der Waals surface area (Å²) < 4.78 is 22.7. The number of hydrogen-bond donors (Lipinski definition) is 1. The highest BCUT2D eigenvalue weighted by Gasteiger charge is 2.16. The van der Waals surface area contributed by atoms with Crippen LogP contribution in [0.4, 0.5) is 5.69 Å². The van der Waals surface area contributed by atoms with Gasteiger partial charge >= 0.3 is 0 Å². The molecule has 4 rings (SSSR count). The molecule has 1 atom stereocenters. The van der Waals surface area contributed by atoms with Crippen molar-refractivity contribution >= 4 is 11.6 Å². The maximum absolute atomic E-state index is 12.6. The van der Waals surface area contributed by atoms with E-state index in [1.54, 1.807) is 30.3 Å². The van der Waals surface area contributed by atoms with Crippen molar-refractivity contribution in [2.24, 2.45) is 0 Å². The van der Waals surface area contributed by atoms with E-state index in [0.717, 1.165) is 30.9 Å². The molecule has 3 aromatic rings. The maximum Gasteiger partial charge on any atom is 0.255 e. The van der Waals surface area contributed by atoms with Crippen LogP contribution in [0.25, 0.3) is 0 Å². The van der Waals surface area contributed by atoms with Gasteiger partial charge in [0.1, 0.15) is 37.1 Å². The number of carbonyl (C=O) groups is 1. The fraction of sp³-hybridized carbons (Fsp3) is 0.269. The summed E-state index contributed by atoms with van der Waals surface area (Å²) in [5.41, 5.74) is 1.22. The number of amides is 1. The number of nitrogens with one attached hydrogen (secondary N) is 1. The van der Waals surface area contributed by atoms with E-state index in [1.165, 1.54) is 0 Å². The predicted octanol–water partition coefficient (Wildman–Crippen LogP) is 4.95. The van der Waals surface area contributed by atoms with Gasteiger partial charge in [-0.25, -0.2) is 0 Å². The van der Waals surface area contributed by atoms with Gasteiger partial charge in [-0.05, 0) is 61.4 Å². The summed E-state index contributed by atoms with van der Waals surface area (Å²) in [5, 5.41) is 2.90. The van der Waals surface area contributed by atoms with Crippen LogP contribution in [0.3, 0.4) is 0 Å². The normalized spacial score (nSPS) is 15.2. The number of para-hydroxylation sites is 1. The summed E-state index contributed by atoms with van der Waals surface area (Å²) in [6.07, 6.45) is 2.28. The molecule has 1 heterocycles. The van der Waals surface area contributed by atoms with Gasteiger partial charge < -0.3 is 24.3 Å². The van der Waals surface area contributed by atoms with E-state index in [0.29, 0.717) is 36.8 Å². The third-order valence-electron chi connectivity index (χ3n) is 5.03. The molecular formula is C26H27NO5. The lowest BCUT2D eigenvalue weighted by atomic mass is 10.2. The summed E-state index contributed by atoms with van der Waals surface area (Å²) in [5.74, 6) is 2.00. The quantitative estimate of drug-likeness (QED) is 0.458. The molecular weight excluding hydrogens is 406 g/mol. The van der Waals surface area contributed by atoms with Gasteiger partial charge in [0.05, 0.1) is 6.10 Å². The summed E-state index contributed by atoms with van der Waals surface area (Å²) in [4.78, 5) is 12.6. The third-order valence-corrected chi connectivity index (χ3v) is 5.03. The van der Waals surface area contributed by atoms with E-state index < -0.39 is 0 Å². The molecule has 6 heteroatoms. The molecule has 1 N–H and O–H groups in total. The second-order valence-electron chi connectivity index (χ2n) is 7.46. The van der Waals surface area contributed by atoms with Crippen LogP contribution in [0.5, 0.6) is 17.2 Å². The zero-order valence-electron chi connectivity index (χ0n) is 17.9.